The Kier molecular flexibility index (Phi) is 3.47. The number of nitrogens with one attached hydrogen (secondary N) is 1. The Morgan fingerprint density at radius 1 is 1.36 bits per heavy atom. The van der Waals surface area contributed by atoms with Crippen molar-refractivity contribution in [2.75, 3.05) is 18.0 Å². The molecule has 116 valence electrons. The molecule has 1 aromatic carbocycles. The van der Waals surface area contributed by atoms with Gasteiger partial charge in [-0.2, -0.15) is 18.4 Å². The molecule has 0 aliphatic carbocycles. The smallest absolute Gasteiger partial charge is 0.365 e. The van der Waals surface area contributed by atoms with Gasteiger partial charge in [0.1, 0.15) is 6.07 Å². The second-order valence-corrected chi connectivity index (χ2v) is 5.60. The van der Waals surface area contributed by atoms with E-state index in [0.717, 1.165) is 25.0 Å². The van der Waals surface area contributed by atoms with E-state index in [1.165, 1.54) is 6.07 Å². The van der Waals surface area contributed by atoms with Gasteiger partial charge in [-0.1, -0.05) is 0 Å². The molecule has 2 atom stereocenters. The number of benzene rings is 1. The fourth-order valence-corrected chi connectivity index (χ4v) is 3.30. The van der Waals surface area contributed by atoms with E-state index in [9.17, 15) is 23.2 Å². The van der Waals surface area contributed by atoms with Gasteiger partial charge in [-0.05, 0) is 31.0 Å². The van der Waals surface area contributed by atoms with Crippen LogP contribution >= 0.6 is 0 Å². The average Bonchev–Trinajstić information content (AvgIpc) is 2.87. The van der Waals surface area contributed by atoms with Gasteiger partial charge in [-0.25, -0.2) is 0 Å². The second-order valence-electron chi connectivity index (χ2n) is 5.60. The summed E-state index contributed by atoms with van der Waals surface area (Å²) in [4.78, 5) is 13.7. The Labute approximate surface area is 125 Å². The number of rotatable bonds is 1. The van der Waals surface area contributed by atoms with Crippen molar-refractivity contribution in [3.05, 3.63) is 29.3 Å². The van der Waals surface area contributed by atoms with E-state index < -0.39 is 11.7 Å². The van der Waals surface area contributed by atoms with Gasteiger partial charge in [0.25, 0.3) is 0 Å². The number of carbonyl (C=O) groups excluding carboxylic acids is 1. The topological polar surface area (TPSA) is 56.1 Å². The van der Waals surface area contributed by atoms with Crippen LogP contribution in [-0.2, 0) is 11.0 Å². The molecule has 0 spiro atoms. The van der Waals surface area contributed by atoms with E-state index in [1.54, 1.807) is 0 Å². The number of fused-ring (bicyclic) bond motifs is 1. The largest absolute Gasteiger partial charge is 0.416 e. The summed E-state index contributed by atoms with van der Waals surface area (Å²) in [5.41, 5.74) is -0.362. The first-order chi connectivity index (χ1) is 10.4. The maximum atomic E-state index is 12.8. The molecule has 2 fully saturated rings. The van der Waals surface area contributed by atoms with Gasteiger partial charge in [0.05, 0.1) is 28.8 Å². The predicted molar refractivity (Wildman–Crippen MR) is 73.0 cm³/mol. The minimum absolute atomic E-state index is 0.00479. The third-order valence-corrected chi connectivity index (χ3v) is 4.35. The molecule has 3 rings (SSSR count). The SMILES string of the molecule is N#Cc1cc(C(F)(F)F)ccc1N1CCC[C@H]2C(=O)NC[C@H]21. The highest BCUT2D eigenvalue weighted by Crippen LogP contribution is 2.36. The summed E-state index contributed by atoms with van der Waals surface area (Å²) in [6.07, 6.45) is -2.92. The highest BCUT2D eigenvalue weighted by atomic mass is 19.4. The number of halogens is 3. The number of nitriles is 1. The van der Waals surface area contributed by atoms with Crippen molar-refractivity contribution in [3.8, 4) is 6.07 Å². The molecular weight excluding hydrogens is 295 g/mol. The molecule has 0 aromatic heterocycles. The van der Waals surface area contributed by atoms with Crippen molar-refractivity contribution in [2.24, 2.45) is 5.92 Å². The summed E-state index contributed by atoms with van der Waals surface area (Å²) < 4.78 is 38.3. The molecule has 7 heteroatoms. The van der Waals surface area contributed by atoms with Crippen LogP contribution in [0.4, 0.5) is 18.9 Å². The second kappa shape index (κ2) is 5.20. The lowest BCUT2D eigenvalue weighted by atomic mass is 9.90. The molecule has 1 amide bonds. The number of amides is 1. The molecule has 2 aliphatic rings. The van der Waals surface area contributed by atoms with Crippen molar-refractivity contribution >= 4 is 11.6 Å². The van der Waals surface area contributed by atoms with E-state index in [4.69, 9.17) is 0 Å². The number of nitrogens with zero attached hydrogens (tertiary/aromatic N) is 2. The van der Waals surface area contributed by atoms with Crippen LogP contribution in [0.2, 0.25) is 0 Å². The molecule has 0 radical (unpaired) electrons. The van der Waals surface area contributed by atoms with Crippen LogP contribution in [0, 0.1) is 17.2 Å². The van der Waals surface area contributed by atoms with Crippen molar-refractivity contribution in [1.82, 2.24) is 5.32 Å². The summed E-state index contributed by atoms with van der Waals surface area (Å²) in [6, 6.07) is 4.96. The maximum Gasteiger partial charge on any atom is 0.416 e. The third-order valence-electron chi connectivity index (χ3n) is 4.35. The Morgan fingerprint density at radius 2 is 2.14 bits per heavy atom. The first-order valence-corrected chi connectivity index (χ1v) is 7.07. The summed E-state index contributed by atoms with van der Waals surface area (Å²) >= 11 is 0. The lowest BCUT2D eigenvalue weighted by Crippen LogP contribution is -2.46. The third kappa shape index (κ3) is 2.39. The number of carbonyl (C=O) groups is 1. The number of piperidine rings is 1. The Morgan fingerprint density at radius 3 is 2.82 bits per heavy atom. The van der Waals surface area contributed by atoms with Gasteiger partial charge < -0.3 is 10.2 Å². The van der Waals surface area contributed by atoms with Crippen LogP contribution in [-0.4, -0.2) is 25.0 Å². The van der Waals surface area contributed by atoms with E-state index in [0.29, 0.717) is 18.8 Å². The Balaban J connectivity index is 1.98. The summed E-state index contributed by atoms with van der Waals surface area (Å²) in [5.74, 6) is -0.164. The summed E-state index contributed by atoms with van der Waals surface area (Å²) in [6.45, 7) is 1.10. The molecule has 4 nitrogen and oxygen atoms in total. The van der Waals surface area contributed by atoms with Gasteiger partial charge in [0.2, 0.25) is 5.91 Å². The molecule has 2 aliphatic heterocycles. The zero-order chi connectivity index (χ0) is 15.9. The van der Waals surface area contributed by atoms with Gasteiger partial charge in [-0.3, -0.25) is 4.79 Å². The molecule has 2 saturated heterocycles. The first-order valence-electron chi connectivity index (χ1n) is 7.07. The van der Waals surface area contributed by atoms with E-state index in [2.05, 4.69) is 5.32 Å². The number of anilines is 1. The lowest BCUT2D eigenvalue weighted by Gasteiger charge is -2.38. The first kappa shape index (κ1) is 14.7. The highest BCUT2D eigenvalue weighted by molar-refractivity contribution is 5.83. The molecule has 2 heterocycles. The molecule has 0 bridgehead atoms. The van der Waals surface area contributed by atoms with Gasteiger partial charge >= 0.3 is 6.18 Å². The van der Waals surface area contributed by atoms with E-state index >= 15 is 0 Å². The van der Waals surface area contributed by atoms with Crippen LogP contribution in [0.1, 0.15) is 24.0 Å². The normalized spacial score (nSPS) is 24.6. The van der Waals surface area contributed by atoms with Crippen LogP contribution < -0.4 is 10.2 Å². The van der Waals surface area contributed by atoms with Gasteiger partial charge in [0.15, 0.2) is 0 Å². The van der Waals surface area contributed by atoms with Gasteiger partial charge in [0, 0.05) is 13.1 Å². The maximum absolute atomic E-state index is 12.8. The van der Waals surface area contributed by atoms with Crippen LogP contribution in [0.15, 0.2) is 18.2 Å². The molecule has 0 unspecified atom stereocenters. The van der Waals surface area contributed by atoms with Crippen molar-refractivity contribution < 1.29 is 18.0 Å². The number of hydrogen-bond acceptors (Lipinski definition) is 3. The molecule has 1 aromatic rings. The zero-order valence-corrected chi connectivity index (χ0v) is 11.7. The quantitative estimate of drug-likeness (QED) is 0.866. The fraction of sp³-hybridized carbons (Fsp3) is 0.467. The van der Waals surface area contributed by atoms with Crippen LogP contribution in [0.3, 0.4) is 0 Å². The molecule has 1 N–H and O–H groups in total. The van der Waals surface area contributed by atoms with Crippen LogP contribution in [0.5, 0.6) is 0 Å². The lowest BCUT2D eigenvalue weighted by molar-refractivity contribution is -0.137. The monoisotopic (exact) mass is 309 g/mol. The fourth-order valence-electron chi connectivity index (χ4n) is 3.30. The van der Waals surface area contributed by atoms with E-state index in [-0.39, 0.29) is 23.4 Å². The minimum Gasteiger partial charge on any atom is -0.365 e. The highest BCUT2D eigenvalue weighted by Gasteiger charge is 2.41. The minimum atomic E-state index is -4.47. The van der Waals surface area contributed by atoms with Gasteiger partial charge in [-0.15, -0.1) is 0 Å². The molecular formula is C15H14F3N3O. The van der Waals surface area contributed by atoms with Crippen molar-refractivity contribution in [3.63, 3.8) is 0 Å². The Hall–Kier alpha value is -2.23. The van der Waals surface area contributed by atoms with Crippen molar-refractivity contribution in [1.29, 1.82) is 5.26 Å². The molecule has 0 saturated carbocycles. The average molecular weight is 309 g/mol. The predicted octanol–water partition coefficient (Wildman–Crippen LogP) is 2.29. The number of hydrogen-bond donors (Lipinski definition) is 1. The van der Waals surface area contributed by atoms with Crippen LogP contribution in [0.25, 0.3) is 0 Å². The van der Waals surface area contributed by atoms with E-state index in [1.807, 2.05) is 11.0 Å². The number of alkyl halides is 3. The molecule has 22 heavy (non-hydrogen) atoms. The zero-order valence-electron chi connectivity index (χ0n) is 11.7. The summed E-state index contributed by atoms with van der Waals surface area (Å²) in [7, 11) is 0. The van der Waals surface area contributed by atoms with Crippen molar-refractivity contribution in [2.45, 2.75) is 25.1 Å². The Bertz CT molecular complexity index is 650. The summed E-state index contributed by atoms with van der Waals surface area (Å²) in [5, 5.41) is 12.0. The standard InChI is InChI=1S/C15H14F3N3O/c16-15(17,18)10-3-4-12(9(6-10)7-19)21-5-1-2-11-13(21)8-20-14(11)22/h3-4,6,11,13H,1-2,5,8H2,(H,20,22)/t11-,13-/m1/s1.